The van der Waals surface area contributed by atoms with E-state index >= 15 is 0 Å². The van der Waals surface area contributed by atoms with Crippen molar-refractivity contribution in [2.24, 2.45) is 23.7 Å². The first-order valence-corrected chi connectivity index (χ1v) is 10.1. The maximum Gasteiger partial charge on any atom is 0.308 e. The molecule has 158 valence electrons. The number of likely N-dealkylation sites (tertiary alicyclic amines) is 1. The van der Waals surface area contributed by atoms with Gasteiger partial charge in [-0.25, -0.2) is 0 Å². The van der Waals surface area contributed by atoms with E-state index in [1.165, 1.54) is 4.90 Å². The van der Waals surface area contributed by atoms with Gasteiger partial charge in [-0.15, -0.1) is 0 Å². The Bertz CT molecular complexity index is 858. The maximum absolute atomic E-state index is 12.6. The van der Waals surface area contributed by atoms with Crippen LogP contribution in [0.1, 0.15) is 36.0 Å². The largest absolute Gasteiger partial charge is 0.455 e. The Morgan fingerprint density at radius 3 is 2.23 bits per heavy atom. The Morgan fingerprint density at radius 1 is 0.967 bits per heavy atom. The lowest BCUT2D eigenvalue weighted by atomic mass is 9.81. The van der Waals surface area contributed by atoms with E-state index in [9.17, 15) is 24.0 Å². The molecule has 4 atom stereocenters. The van der Waals surface area contributed by atoms with Gasteiger partial charge >= 0.3 is 5.97 Å². The number of benzene rings is 1. The summed E-state index contributed by atoms with van der Waals surface area (Å²) in [7, 11) is 0. The quantitative estimate of drug-likeness (QED) is 0.396. The third-order valence-electron chi connectivity index (χ3n) is 6.27. The summed E-state index contributed by atoms with van der Waals surface area (Å²) in [5.74, 6) is -2.09. The summed E-state index contributed by atoms with van der Waals surface area (Å²) < 4.78 is 4.87. The van der Waals surface area contributed by atoms with E-state index in [-0.39, 0.29) is 36.6 Å². The first kappa shape index (κ1) is 20.1. The molecule has 2 aliphatic carbocycles. The van der Waals surface area contributed by atoms with Crippen molar-refractivity contribution < 1.29 is 28.7 Å². The number of nitrogens with one attached hydrogen (secondary N) is 2. The van der Waals surface area contributed by atoms with Crippen molar-refractivity contribution in [1.82, 2.24) is 15.8 Å². The van der Waals surface area contributed by atoms with E-state index in [4.69, 9.17) is 4.74 Å². The molecule has 3 fully saturated rings. The number of hydrogen-bond donors (Lipinski definition) is 2. The Hall–Kier alpha value is -3.23. The van der Waals surface area contributed by atoms with Crippen LogP contribution < -0.4 is 10.9 Å². The molecule has 2 saturated carbocycles. The van der Waals surface area contributed by atoms with Gasteiger partial charge < -0.3 is 4.74 Å². The second kappa shape index (κ2) is 8.25. The van der Waals surface area contributed by atoms with E-state index < -0.39 is 24.4 Å². The Labute approximate surface area is 173 Å². The number of hydrazine groups is 1. The highest BCUT2D eigenvalue weighted by atomic mass is 16.5. The molecular weight excluding hydrogens is 390 g/mol. The summed E-state index contributed by atoms with van der Waals surface area (Å²) in [5, 5.41) is 0. The van der Waals surface area contributed by atoms with E-state index in [1.807, 2.05) is 0 Å². The number of ether oxygens (including phenoxy) is 1. The van der Waals surface area contributed by atoms with Crippen LogP contribution in [-0.2, 0) is 23.9 Å². The minimum Gasteiger partial charge on any atom is -0.455 e. The molecule has 3 aliphatic rings. The molecule has 1 saturated heterocycles. The molecule has 1 heterocycles. The van der Waals surface area contributed by atoms with Gasteiger partial charge in [0.25, 0.3) is 11.8 Å². The summed E-state index contributed by atoms with van der Waals surface area (Å²) in [4.78, 5) is 61.8. The molecule has 1 aromatic rings. The molecule has 4 rings (SSSR count). The minimum atomic E-state index is -0.702. The first-order valence-electron chi connectivity index (χ1n) is 10.1. The number of imide groups is 1. The second-order valence-corrected chi connectivity index (χ2v) is 7.99. The van der Waals surface area contributed by atoms with Crippen molar-refractivity contribution in [3.63, 3.8) is 0 Å². The van der Waals surface area contributed by atoms with Crippen LogP contribution in [0.15, 0.2) is 30.3 Å². The van der Waals surface area contributed by atoms with E-state index in [0.717, 1.165) is 19.3 Å². The van der Waals surface area contributed by atoms with E-state index in [1.54, 1.807) is 30.3 Å². The molecule has 9 nitrogen and oxygen atoms in total. The number of esters is 1. The van der Waals surface area contributed by atoms with Gasteiger partial charge in [0.1, 0.15) is 0 Å². The lowest BCUT2D eigenvalue weighted by molar-refractivity contribution is -0.150. The smallest absolute Gasteiger partial charge is 0.308 e. The second-order valence-electron chi connectivity index (χ2n) is 7.99. The number of amides is 4. The number of hydrogen-bond acceptors (Lipinski definition) is 6. The molecule has 0 aromatic heterocycles. The predicted octanol–water partition coefficient (Wildman–Crippen LogP) is 0.412. The zero-order valence-electron chi connectivity index (χ0n) is 16.3. The van der Waals surface area contributed by atoms with Gasteiger partial charge in [-0.1, -0.05) is 18.2 Å². The number of nitrogens with zero attached hydrogens (tertiary/aromatic N) is 1. The van der Waals surface area contributed by atoms with Crippen molar-refractivity contribution in [1.29, 1.82) is 0 Å². The highest BCUT2D eigenvalue weighted by molar-refractivity contribution is 6.06. The molecular formula is C21H23N3O6. The lowest BCUT2D eigenvalue weighted by Crippen LogP contribution is -2.43. The van der Waals surface area contributed by atoms with Gasteiger partial charge in [0.05, 0.1) is 18.3 Å². The van der Waals surface area contributed by atoms with Crippen LogP contribution in [0.3, 0.4) is 0 Å². The zero-order chi connectivity index (χ0) is 21.3. The molecule has 0 unspecified atom stereocenters. The number of rotatable bonds is 6. The summed E-state index contributed by atoms with van der Waals surface area (Å²) in [6.07, 6.45) is 2.78. The number of fused-ring (bicyclic) bond motifs is 5. The molecule has 0 spiro atoms. The third kappa shape index (κ3) is 3.79. The third-order valence-corrected chi connectivity index (χ3v) is 6.27. The van der Waals surface area contributed by atoms with Gasteiger partial charge in [0.2, 0.25) is 11.8 Å². The molecule has 2 N–H and O–H groups in total. The molecule has 1 aliphatic heterocycles. The van der Waals surface area contributed by atoms with Gasteiger partial charge in [-0.3, -0.25) is 39.7 Å². The number of carbonyl (C=O) groups excluding carboxylic acids is 5. The standard InChI is InChI=1S/C21H23N3O6/c25-15(22-23-19(27)12-4-2-1-3-5-12)11-30-16(26)8-9-24-20(28)17-13-6-7-14(10-13)18(17)21(24)29/h1-5,13-14,17-18H,6-11H2,(H,22,25)(H,23,27)/t13-,14-,17-,18+/m0/s1. The van der Waals surface area contributed by atoms with Crippen molar-refractivity contribution >= 4 is 29.6 Å². The molecule has 9 heteroatoms. The normalized spacial score (nSPS) is 26.5. The zero-order valence-corrected chi connectivity index (χ0v) is 16.3. The van der Waals surface area contributed by atoms with Crippen molar-refractivity contribution in [2.45, 2.75) is 25.7 Å². The minimum absolute atomic E-state index is 0.0324. The van der Waals surface area contributed by atoms with Crippen LogP contribution in [0.2, 0.25) is 0 Å². The molecule has 1 aromatic carbocycles. The van der Waals surface area contributed by atoms with Gasteiger partial charge in [-0.05, 0) is 43.2 Å². The summed E-state index contributed by atoms with van der Waals surface area (Å²) in [6, 6.07) is 8.30. The average Bonchev–Trinajstić information content (AvgIpc) is 3.44. The van der Waals surface area contributed by atoms with Gasteiger partial charge in [-0.2, -0.15) is 0 Å². The van der Waals surface area contributed by atoms with Crippen molar-refractivity contribution in [3.05, 3.63) is 35.9 Å². The SMILES string of the molecule is O=C(COC(=O)CCN1C(=O)[C@@H]2[C@H]3CC[C@@H](C3)[C@@H]2C1=O)NNC(=O)c1ccccc1. The van der Waals surface area contributed by atoms with Crippen molar-refractivity contribution in [2.75, 3.05) is 13.2 Å². The summed E-state index contributed by atoms with van der Waals surface area (Å²) in [5.41, 5.74) is 4.75. The molecule has 2 bridgehead atoms. The molecule has 4 amide bonds. The fourth-order valence-electron chi connectivity index (χ4n) is 4.94. The number of carbonyl (C=O) groups is 5. The van der Waals surface area contributed by atoms with Gasteiger partial charge in [0.15, 0.2) is 6.61 Å². The fourth-order valence-corrected chi connectivity index (χ4v) is 4.94. The van der Waals surface area contributed by atoms with Crippen LogP contribution in [0.25, 0.3) is 0 Å². The molecule has 30 heavy (non-hydrogen) atoms. The molecule has 0 radical (unpaired) electrons. The Morgan fingerprint density at radius 2 is 1.60 bits per heavy atom. The topological polar surface area (TPSA) is 122 Å². The van der Waals surface area contributed by atoms with Gasteiger partial charge in [0, 0.05) is 12.1 Å². The monoisotopic (exact) mass is 413 g/mol. The van der Waals surface area contributed by atoms with Crippen LogP contribution in [0.4, 0.5) is 0 Å². The van der Waals surface area contributed by atoms with Crippen LogP contribution in [-0.4, -0.2) is 47.6 Å². The van der Waals surface area contributed by atoms with E-state index in [0.29, 0.717) is 17.4 Å². The average molecular weight is 413 g/mol. The Balaban J connectivity index is 1.17. The fraction of sp³-hybridized carbons (Fsp3) is 0.476. The first-order chi connectivity index (χ1) is 14.5. The summed E-state index contributed by atoms with van der Waals surface area (Å²) in [6.45, 7) is -0.611. The highest BCUT2D eigenvalue weighted by Gasteiger charge is 2.60. The van der Waals surface area contributed by atoms with Crippen LogP contribution >= 0.6 is 0 Å². The predicted molar refractivity (Wildman–Crippen MR) is 102 cm³/mol. The highest BCUT2D eigenvalue weighted by Crippen LogP contribution is 2.56. The van der Waals surface area contributed by atoms with E-state index in [2.05, 4.69) is 10.9 Å². The van der Waals surface area contributed by atoms with Crippen LogP contribution in [0.5, 0.6) is 0 Å². The lowest BCUT2D eigenvalue weighted by Gasteiger charge is -2.19. The maximum atomic E-state index is 12.6. The Kier molecular flexibility index (Phi) is 5.52. The summed E-state index contributed by atoms with van der Waals surface area (Å²) >= 11 is 0. The van der Waals surface area contributed by atoms with Crippen LogP contribution in [0, 0.1) is 23.7 Å². The van der Waals surface area contributed by atoms with Crippen molar-refractivity contribution in [3.8, 4) is 0 Å².